The van der Waals surface area contributed by atoms with Gasteiger partial charge in [0.2, 0.25) is 0 Å². The molecule has 30 heavy (non-hydrogen) atoms. The number of fused-ring (bicyclic) bond motifs is 2. The lowest BCUT2D eigenvalue weighted by molar-refractivity contribution is 0.0997. The molecule has 0 N–H and O–H groups in total. The number of amides is 1. The SMILES string of the molecule is COc1ccccc1-c1ccc(C(=O)N2C=C3CC=CN3Cc3ccccc32)cc1. The van der Waals surface area contributed by atoms with Crippen molar-refractivity contribution in [1.29, 1.82) is 0 Å². The molecule has 0 bridgehead atoms. The smallest absolute Gasteiger partial charge is 0.262 e. The van der Waals surface area contributed by atoms with Gasteiger partial charge in [-0.1, -0.05) is 54.6 Å². The van der Waals surface area contributed by atoms with E-state index in [0.717, 1.165) is 46.8 Å². The predicted octanol–water partition coefficient (Wildman–Crippen LogP) is 5.58. The minimum Gasteiger partial charge on any atom is -0.496 e. The largest absolute Gasteiger partial charge is 0.496 e. The van der Waals surface area contributed by atoms with Gasteiger partial charge < -0.3 is 9.64 Å². The molecule has 0 aliphatic carbocycles. The number of hydrogen-bond donors (Lipinski definition) is 0. The summed E-state index contributed by atoms with van der Waals surface area (Å²) >= 11 is 0. The van der Waals surface area contributed by atoms with E-state index in [2.05, 4.69) is 23.2 Å². The molecular weight excluding hydrogens is 372 g/mol. The Balaban J connectivity index is 1.50. The predicted molar refractivity (Wildman–Crippen MR) is 119 cm³/mol. The van der Waals surface area contributed by atoms with Gasteiger partial charge in [-0.05, 0) is 35.4 Å². The van der Waals surface area contributed by atoms with Crippen molar-refractivity contribution in [3.63, 3.8) is 0 Å². The first-order chi connectivity index (χ1) is 14.7. The number of rotatable bonds is 3. The van der Waals surface area contributed by atoms with E-state index in [1.54, 1.807) is 12.0 Å². The second-order valence-corrected chi connectivity index (χ2v) is 7.42. The molecule has 1 amide bonds. The Morgan fingerprint density at radius 1 is 0.933 bits per heavy atom. The Morgan fingerprint density at radius 3 is 2.53 bits per heavy atom. The van der Waals surface area contributed by atoms with Crippen molar-refractivity contribution in [2.24, 2.45) is 0 Å². The normalized spacial score (nSPS) is 14.6. The molecule has 2 aliphatic rings. The molecule has 3 aromatic rings. The zero-order valence-electron chi connectivity index (χ0n) is 16.8. The van der Waals surface area contributed by atoms with Crippen LogP contribution in [-0.2, 0) is 6.54 Å². The van der Waals surface area contributed by atoms with Crippen LogP contribution in [0, 0.1) is 0 Å². The molecule has 0 saturated carbocycles. The first kappa shape index (κ1) is 18.3. The highest BCUT2D eigenvalue weighted by molar-refractivity contribution is 6.08. The average Bonchev–Trinajstić information content (AvgIpc) is 3.17. The third-order valence-corrected chi connectivity index (χ3v) is 5.62. The standard InChI is InChI=1S/C26H22N2O2/c1-30-25-11-5-3-9-23(25)19-12-14-20(15-13-19)26(29)28-18-22-8-6-16-27(22)17-21-7-2-4-10-24(21)28/h2-7,9-16,18H,8,17H2,1H3. The minimum absolute atomic E-state index is 0.0322. The molecule has 148 valence electrons. The summed E-state index contributed by atoms with van der Waals surface area (Å²) in [5, 5.41) is 0. The zero-order valence-corrected chi connectivity index (χ0v) is 16.8. The van der Waals surface area contributed by atoms with Crippen molar-refractivity contribution in [1.82, 2.24) is 4.90 Å². The van der Waals surface area contributed by atoms with Crippen LogP contribution in [0.2, 0.25) is 0 Å². The van der Waals surface area contributed by atoms with E-state index in [9.17, 15) is 4.79 Å². The summed E-state index contributed by atoms with van der Waals surface area (Å²) in [5.41, 5.74) is 5.88. The molecule has 0 spiro atoms. The van der Waals surface area contributed by atoms with Gasteiger partial charge in [0.05, 0.1) is 12.8 Å². The van der Waals surface area contributed by atoms with Crippen molar-refractivity contribution in [2.75, 3.05) is 12.0 Å². The zero-order chi connectivity index (χ0) is 20.5. The molecular formula is C26H22N2O2. The van der Waals surface area contributed by atoms with Crippen LogP contribution in [0.1, 0.15) is 22.3 Å². The van der Waals surface area contributed by atoms with Crippen LogP contribution in [0.25, 0.3) is 11.1 Å². The number of allylic oxidation sites excluding steroid dienone is 1. The Hall–Kier alpha value is -3.79. The topological polar surface area (TPSA) is 32.8 Å². The number of carbonyl (C=O) groups is 1. The summed E-state index contributed by atoms with van der Waals surface area (Å²) in [6.45, 7) is 0.773. The van der Waals surface area contributed by atoms with E-state index >= 15 is 0 Å². The lowest BCUT2D eigenvalue weighted by Gasteiger charge is -2.20. The molecule has 0 aromatic heterocycles. The van der Waals surface area contributed by atoms with E-state index in [1.165, 1.54) is 0 Å². The van der Waals surface area contributed by atoms with Crippen molar-refractivity contribution < 1.29 is 9.53 Å². The van der Waals surface area contributed by atoms with Crippen LogP contribution in [0.5, 0.6) is 5.75 Å². The van der Waals surface area contributed by atoms with Gasteiger partial charge in [0.15, 0.2) is 0 Å². The summed E-state index contributed by atoms with van der Waals surface area (Å²) in [6, 6.07) is 23.7. The quantitative estimate of drug-likeness (QED) is 0.581. The first-order valence-electron chi connectivity index (χ1n) is 10.0. The van der Waals surface area contributed by atoms with E-state index in [0.29, 0.717) is 5.56 Å². The fourth-order valence-electron chi connectivity index (χ4n) is 4.06. The summed E-state index contributed by atoms with van der Waals surface area (Å²) in [5.74, 6) is 0.784. The lowest BCUT2D eigenvalue weighted by atomic mass is 10.0. The maximum Gasteiger partial charge on any atom is 0.262 e. The lowest BCUT2D eigenvalue weighted by Crippen LogP contribution is -2.26. The Morgan fingerprint density at radius 2 is 1.70 bits per heavy atom. The Labute approximate surface area is 176 Å². The van der Waals surface area contributed by atoms with E-state index < -0.39 is 0 Å². The molecule has 4 heteroatoms. The molecule has 0 fully saturated rings. The average molecular weight is 394 g/mol. The number of anilines is 1. The van der Waals surface area contributed by atoms with Crippen LogP contribution in [0.15, 0.2) is 97.0 Å². The Kier molecular flexibility index (Phi) is 4.60. The van der Waals surface area contributed by atoms with E-state index in [4.69, 9.17) is 4.74 Å². The van der Waals surface area contributed by atoms with E-state index in [-0.39, 0.29) is 5.91 Å². The van der Waals surface area contributed by atoms with Gasteiger partial charge in [0.25, 0.3) is 5.91 Å². The van der Waals surface area contributed by atoms with Gasteiger partial charge in [-0.2, -0.15) is 0 Å². The van der Waals surface area contributed by atoms with Gasteiger partial charge in [-0.3, -0.25) is 9.69 Å². The summed E-state index contributed by atoms with van der Waals surface area (Å²) in [7, 11) is 1.67. The van der Waals surface area contributed by atoms with Crippen LogP contribution >= 0.6 is 0 Å². The number of ether oxygens (including phenoxy) is 1. The second kappa shape index (κ2) is 7.56. The van der Waals surface area contributed by atoms with Gasteiger partial charge in [-0.15, -0.1) is 0 Å². The maximum atomic E-state index is 13.5. The van der Waals surface area contributed by atoms with Gasteiger partial charge in [0.1, 0.15) is 5.75 Å². The van der Waals surface area contributed by atoms with Crippen LogP contribution in [-0.4, -0.2) is 17.9 Å². The number of methoxy groups -OCH3 is 1. The van der Waals surface area contributed by atoms with Crippen LogP contribution in [0.3, 0.4) is 0 Å². The molecule has 5 rings (SSSR count). The third-order valence-electron chi connectivity index (χ3n) is 5.62. The first-order valence-corrected chi connectivity index (χ1v) is 10.0. The summed E-state index contributed by atoms with van der Waals surface area (Å²) in [4.78, 5) is 17.5. The van der Waals surface area contributed by atoms with Gasteiger partial charge >= 0.3 is 0 Å². The molecule has 3 aromatic carbocycles. The fourth-order valence-corrected chi connectivity index (χ4v) is 4.06. The van der Waals surface area contributed by atoms with E-state index in [1.807, 2.05) is 72.9 Å². The molecule has 2 aliphatic heterocycles. The number of benzene rings is 3. The van der Waals surface area contributed by atoms with Crippen LogP contribution in [0.4, 0.5) is 5.69 Å². The highest BCUT2D eigenvalue weighted by atomic mass is 16.5. The van der Waals surface area contributed by atoms with Gasteiger partial charge in [-0.25, -0.2) is 0 Å². The van der Waals surface area contributed by atoms with Crippen molar-refractivity contribution in [3.05, 3.63) is 108 Å². The maximum absolute atomic E-state index is 13.5. The van der Waals surface area contributed by atoms with Crippen LogP contribution < -0.4 is 9.64 Å². The number of para-hydroxylation sites is 2. The van der Waals surface area contributed by atoms with Gasteiger partial charge in [0, 0.05) is 42.2 Å². The number of nitrogens with zero attached hydrogens (tertiary/aromatic N) is 2. The Bertz CT molecular complexity index is 1160. The molecule has 0 saturated heterocycles. The minimum atomic E-state index is -0.0322. The monoisotopic (exact) mass is 394 g/mol. The third kappa shape index (κ3) is 3.16. The number of hydrogen-bond acceptors (Lipinski definition) is 3. The highest BCUT2D eigenvalue weighted by Crippen LogP contribution is 2.34. The molecule has 4 nitrogen and oxygen atoms in total. The summed E-state index contributed by atoms with van der Waals surface area (Å²) in [6.07, 6.45) is 7.04. The van der Waals surface area contributed by atoms with Crippen molar-refractivity contribution >= 4 is 11.6 Å². The van der Waals surface area contributed by atoms with Crippen molar-refractivity contribution in [3.8, 4) is 16.9 Å². The molecule has 0 radical (unpaired) electrons. The fraction of sp³-hybridized carbons (Fsp3) is 0.115. The van der Waals surface area contributed by atoms with Crippen molar-refractivity contribution in [2.45, 2.75) is 13.0 Å². The summed E-state index contributed by atoms with van der Waals surface area (Å²) < 4.78 is 5.47. The molecule has 2 heterocycles. The number of carbonyl (C=O) groups excluding carboxylic acids is 1. The molecule has 0 unspecified atom stereocenters. The highest BCUT2D eigenvalue weighted by Gasteiger charge is 2.25. The second-order valence-electron chi connectivity index (χ2n) is 7.42. The molecule has 0 atom stereocenters.